The van der Waals surface area contributed by atoms with Crippen molar-refractivity contribution in [3.8, 4) is 11.5 Å². The topological polar surface area (TPSA) is 21.7 Å². The fourth-order valence-corrected chi connectivity index (χ4v) is 3.83. The van der Waals surface area contributed by atoms with Crippen LogP contribution in [0.3, 0.4) is 0 Å². The summed E-state index contributed by atoms with van der Waals surface area (Å²) in [5.41, 5.74) is 2.10. The molecular formula is C18H14NO2P. The van der Waals surface area contributed by atoms with Crippen LogP contribution in [0.5, 0.6) is 11.5 Å². The smallest absolute Gasteiger partial charge is 0.419 e. The Morgan fingerprint density at radius 2 is 0.955 bits per heavy atom. The molecule has 0 bridgehead atoms. The first kappa shape index (κ1) is 13.2. The van der Waals surface area contributed by atoms with Crippen LogP contribution in [0.25, 0.3) is 0 Å². The van der Waals surface area contributed by atoms with Gasteiger partial charge in [-0.1, -0.05) is 48.5 Å². The lowest BCUT2D eigenvalue weighted by atomic mass is 10.3. The Morgan fingerprint density at radius 3 is 1.41 bits per heavy atom. The molecule has 4 rings (SSSR count). The van der Waals surface area contributed by atoms with Crippen molar-refractivity contribution in [3.05, 3.63) is 84.9 Å². The fraction of sp³-hybridized carbons (Fsp3) is 0. The van der Waals surface area contributed by atoms with Crippen molar-refractivity contribution in [1.82, 2.24) is 0 Å². The summed E-state index contributed by atoms with van der Waals surface area (Å²) in [4.78, 5) is 0. The molecule has 3 aromatic rings. The highest BCUT2D eigenvalue weighted by molar-refractivity contribution is 7.51. The normalized spacial score (nSPS) is 13.1. The van der Waals surface area contributed by atoms with E-state index in [1.807, 2.05) is 60.7 Å². The van der Waals surface area contributed by atoms with E-state index in [0.717, 1.165) is 22.9 Å². The van der Waals surface area contributed by atoms with Gasteiger partial charge in [0.2, 0.25) is 0 Å². The zero-order valence-electron chi connectivity index (χ0n) is 11.8. The predicted molar refractivity (Wildman–Crippen MR) is 89.6 cm³/mol. The molecule has 3 aromatic carbocycles. The monoisotopic (exact) mass is 307 g/mol. The van der Waals surface area contributed by atoms with Crippen molar-refractivity contribution >= 4 is 19.9 Å². The third-order valence-electron chi connectivity index (χ3n) is 3.37. The summed E-state index contributed by atoms with van der Waals surface area (Å²) < 4.78 is 14.2. The van der Waals surface area contributed by atoms with Crippen molar-refractivity contribution in [2.24, 2.45) is 0 Å². The van der Waals surface area contributed by atoms with Crippen LogP contribution >= 0.6 is 8.53 Å². The first-order chi connectivity index (χ1) is 10.9. The Kier molecular flexibility index (Phi) is 3.42. The van der Waals surface area contributed by atoms with E-state index in [1.54, 1.807) is 0 Å². The zero-order chi connectivity index (χ0) is 14.8. The van der Waals surface area contributed by atoms with E-state index in [9.17, 15) is 0 Å². The fourth-order valence-electron chi connectivity index (χ4n) is 2.35. The molecule has 108 valence electrons. The molecule has 0 fully saturated rings. The van der Waals surface area contributed by atoms with Crippen LogP contribution in [-0.2, 0) is 0 Å². The molecule has 4 heteroatoms. The minimum atomic E-state index is -1.25. The van der Waals surface area contributed by atoms with Crippen LogP contribution in [-0.4, -0.2) is 0 Å². The van der Waals surface area contributed by atoms with E-state index in [1.165, 1.54) is 0 Å². The molecule has 0 aliphatic carbocycles. The van der Waals surface area contributed by atoms with Gasteiger partial charge in [0.1, 0.15) is 0 Å². The molecule has 0 atom stereocenters. The van der Waals surface area contributed by atoms with Crippen LogP contribution in [0.1, 0.15) is 0 Å². The molecule has 0 N–H and O–H groups in total. The maximum Gasteiger partial charge on any atom is 0.422 e. The van der Waals surface area contributed by atoms with Crippen molar-refractivity contribution in [3.63, 3.8) is 0 Å². The first-order valence-electron chi connectivity index (χ1n) is 7.07. The van der Waals surface area contributed by atoms with Crippen molar-refractivity contribution < 1.29 is 9.05 Å². The summed E-state index contributed by atoms with van der Waals surface area (Å²) in [7, 11) is -1.25. The van der Waals surface area contributed by atoms with Crippen LogP contribution in [0.4, 0.5) is 11.4 Å². The van der Waals surface area contributed by atoms with Gasteiger partial charge in [-0.3, -0.25) is 4.67 Å². The average Bonchev–Trinajstić information content (AvgIpc) is 3.00. The highest BCUT2D eigenvalue weighted by atomic mass is 31.2. The third kappa shape index (κ3) is 2.40. The Labute approximate surface area is 130 Å². The summed E-state index contributed by atoms with van der Waals surface area (Å²) in [6, 6.07) is 28.1. The van der Waals surface area contributed by atoms with E-state index in [-0.39, 0.29) is 0 Å². The second-order valence-corrected chi connectivity index (χ2v) is 6.09. The number of benzene rings is 3. The minimum absolute atomic E-state index is 0.797. The van der Waals surface area contributed by atoms with E-state index < -0.39 is 8.53 Å². The van der Waals surface area contributed by atoms with Gasteiger partial charge in [-0.05, 0) is 36.4 Å². The second-order valence-electron chi connectivity index (χ2n) is 4.85. The summed E-state index contributed by atoms with van der Waals surface area (Å²) >= 11 is 0. The highest BCUT2D eigenvalue weighted by Gasteiger charge is 2.34. The molecule has 0 radical (unpaired) electrons. The summed E-state index contributed by atoms with van der Waals surface area (Å²) in [5.74, 6) is 1.59. The molecule has 22 heavy (non-hydrogen) atoms. The van der Waals surface area contributed by atoms with E-state index in [2.05, 4.69) is 28.9 Å². The maximum absolute atomic E-state index is 6.05. The number of nitrogens with zero attached hydrogens (tertiary/aromatic N) is 1. The average molecular weight is 307 g/mol. The Hall–Kier alpha value is -2.51. The summed E-state index contributed by atoms with van der Waals surface area (Å²) in [6.45, 7) is 0. The maximum atomic E-state index is 6.05. The van der Waals surface area contributed by atoms with Crippen LogP contribution in [0.2, 0.25) is 0 Å². The Bertz CT molecular complexity index is 700. The van der Waals surface area contributed by atoms with Gasteiger partial charge in [0.05, 0.1) is 11.4 Å². The van der Waals surface area contributed by atoms with Gasteiger partial charge in [0.25, 0.3) is 0 Å². The lowest BCUT2D eigenvalue weighted by Crippen LogP contribution is -2.13. The highest BCUT2D eigenvalue weighted by Crippen LogP contribution is 2.57. The SMILES string of the molecule is c1ccc(N(c2ccccc2)P2Oc3ccccc3O2)cc1. The lowest BCUT2D eigenvalue weighted by Gasteiger charge is -2.26. The summed E-state index contributed by atoms with van der Waals surface area (Å²) in [6.07, 6.45) is 0. The number of rotatable bonds is 3. The Morgan fingerprint density at radius 1 is 0.545 bits per heavy atom. The molecular weight excluding hydrogens is 293 g/mol. The van der Waals surface area contributed by atoms with Gasteiger partial charge < -0.3 is 9.05 Å². The van der Waals surface area contributed by atoms with E-state index in [0.29, 0.717) is 0 Å². The number of hydrogen-bond acceptors (Lipinski definition) is 3. The molecule has 0 spiro atoms. The molecule has 0 unspecified atom stereocenters. The predicted octanol–water partition coefficient (Wildman–Crippen LogP) is 5.52. The quantitative estimate of drug-likeness (QED) is 0.594. The first-order valence-corrected chi connectivity index (χ1v) is 8.20. The second kappa shape index (κ2) is 5.70. The molecule has 3 nitrogen and oxygen atoms in total. The van der Waals surface area contributed by atoms with Gasteiger partial charge >= 0.3 is 8.53 Å². The number of hydrogen-bond donors (Lipinski definition) is 0. The third-order valence-corrected chi connectivity index (χ3v) is 4.86. The van der Waals surface area contributed by atoms with E-state index in [4.69, 9.17) is 9.05 Å². The molecule has 0 saturated heterocycles. The van der Waals surface area contributed by atoms with Crippen LogP contribution < -0.4 is 13.7 Å². The van der Waals surface area contributed by atoms with Gasteiger partial charge in [-0.25, -0.2) is 0 Å². The molecule has 1 aliphatic heterocycles. The largest absolute Gasteiger partial charge is 0.422 e. The van der Waals surface area contributed by atoms with Gasteiger partial charge in [-0.15, -0.1) is 0 Å². The van der Waals surface area contributed by atoms with Gasteiger partial charge in [0, 0.05) is 0 Å². The minimum Gasteiger partial charge on any atom is -0.419 e. The van der Waals surface area contributed by atoms with Crippen molar-refractivity contribution in [2.75, 3.05) is 4.67 Å². The molecule has 0 amide bonds. The molecule has 1 heterocycles. The molecule has 0 saturated carbocycles. The number of anilines is 2. The van der Waals surface area contributed by atoms with Crippen molar-refractivity contribution in [2.45, 2.75) is 0 Å². The Balaban J connectivity index is 1.74. The van der Waals surface area contributed by atoms with Crippen LogP contribution in [0.15, 0.2) is 84.9 Å². The van der Waals surface area contributed by atoms with E-state index >= 15 is 0 Å². The number of fused-ring (bicyclic) bond motifs is 1. The molecule has 1 aliphatic rings. The van der Waals surface area contributed by atoms with Gasteiger partial charge in [0.15, 0.2) is 11.5 Å². The van der Waals surface area contributed by atoms with Gasteiger partial charge in [-0.2, -0.15) is 0 Å². The molecule has 0 aromatic heterocycles. The zero-order valence-corrected chi connectivity index (χ0v) is 12.7. The number of para-hydroxylation sites is 4. The standard InChI is InChI=1S/C18H14NO2P/c1-3-9-15(10-4-1)19(16-11-5-2-6-12-16)22-20-17-13-7-8-14-18(17)21-22/h1-14H. The summed E-state index contributed by atoms with van der Waals surface area (Å²) in [5, 5.41) is 0. The lowest BCUT2D eigenvalue weighted by molar-refractivity contribution is 0.572. The van der Waals surface area contributed by atoms with Crippen molar-refractivity contribution in [1.29, 1.82) is 0 Å². The van der Waals surface area contributed by atoms with Crippen LogP contribution in [0, 0.1) is 0 Å².